The van der Waals surface area contributed by atoms with Gasteiger partial charge in [-0.15, -0.1) is 0 Å². The summed E-state index contributed by atoms with van der Waals surface area (Å²) >= 11 is 5.97. The van der Waals surface area contributed by atoms with Gasteiger partial charge in [-0.1, -0.05) is 23.7 Å². The van der Waals surface area contributed by atoms with Crippen LogP contribution in [0.4, 0.5) is 13.2 Å². The molecule has 0 radical (unpaired) electrons. The van der Waals surface area contributed by atoms with E-state index in [0.717, 1.165) is 18.4 Å². The molecule has 0 unspecified atom stereocenters. The molecule has 0 amide bonds. The summed E-state index contributed by atoms with van der Waals surface area (Å²) in [5, 5.41) is 4.17. The van der Waals surface area contributed by atoms with Crippen LogP contribution in [0.2, 0.25) is 5.02 Å². The van der Waals surface area contributed by atoms with E-state index in [0.29, 0.717) is 18.1 Å². The van der Waals surface area contributed by atoms with Crippen molar-refractivity contribution in [2.75, 3.05) is 19.6 Å². The third kappa shape index (κ3) is 5.49. The number of nitrogens with zero attached hydrogens (tertiary/aromatic N) is 1. The van der Waals surface area contributed by atoms with E-state index in [1.54, 1.807) is 0 Å². The molecule has 1 saturated heterocycles. The summed E-state index contributed by atoms with van der Waals surface area (Å²) in [5.74, 6) is 0. The summed E-state index contributed by atoms with van der Waals surface area (Å²) < 4.78 is 37.0. The van der Waals surface area contributed by atoms with Crippen molar-refractivity contribution in [2.45, 2.75) is 38.0 Å². The maximum absolute atomic E-state index is 12.3. The molecule has 1 N–H and O–H groups in total. The van der Waals surface area contributed by atoms with Gasteiger partial charge in [-0.05, 0) is 50.6 Å². The van der Waals surface area contributed by atoms with Crippen molar-refractivity contribution >= 4 is 11.6 Å². The molecule has 1 aliphatic heterocycles. The molecule has 2 rings (SSSR count). The molecule has 0 saturated carbocycles. The Balaban J connectivity index is 1.81. The summed E-state index contributed by atoms with van der Waals surface area (Å²) in [6.45, 7) is 2.22. The minimum Gasteiger partial charge on any atom is -0.307 e. The predicted octanol–water partition coefficient (Wildman–Crippen LogP) is 4.02. The normalized spacial score (nSPS) is 19.7. The zero-order chi connectivity index (χ0) is 15.5. The van der Waals surface area contributed by atoms with E-state index in [1.807, 2.05) is 31.2 Å². The van der Waals surface area contributed by atoms with Gasteiger partial charge >= 0.3 is 6.18 Å². The minimum absolute atomic E-state index is 0.142. The Hall–Kier alpha value is -0.780. The van der Waals surface area contributed by atoms with Gasteiger partial charge in [0.1, 0.15) is 0 Å². The molecule has 0 bridgehead atoms. The van der Waals surface area contributed by atoms with Crippen molar-refractivity contribution in [3.63, 3.8) is 0 Å². The number of likely N-dealkylation sites (tertiary alicyclic amines) is 1. The molecule has 1 aromatic carbocycles. The second-order valence-corrected chi connectivity index (χ2v) is 6.05. The number of hydrogen-bond acceptors (Lipinski definition) is 2. The van der Waals surface area contributed by atoms with Crippen molar-refractivity contribution in [1.29, 1.82) is 0 Å². The number of piperidine rings is 1. The van der Waals surface area contributed by atoms with Gasteiger partial charge in [0.15, 0.2) is 0 Å². The van der Waals surface area contributed by atoms with E-state index < -0.39 is 12.7 Å². The molecule has 2 nitrogen and oxygen atoms in total. The fraction of sp³-hybridized carbons (Fsp3) is 0.600. The molecule has 1 aliphatic rings. The lowest BCUT2D eigenvalue weighted by atomic mass is 10.0. The Morgan fingerprint density at radius 1 is 1.33 bits per heavy atom. The first-order chi connectivity index (χ1) is 9.83. The largest absolute Gasteiger partial charge is 0.401 e. The zero-order valence-corrected chi connectivity index (χ0v) is 12.7. The first-order valence-corrected chi connectivity index (χ1v) is 7.52. The minimum atomic E-state index is -4.10. The number of rotatable bonds is 4. The fourth-order valence-corrected chi connectivity index (χ4v) is 2.94. The molecule has 0 aliphatic carbocycles. The summed E-state index contributed by atoms with van der Waals surface area (Å²) in [5.41, 5.74) is 1.10. The van der Waals surface area contributed by atoms with Gasteiger partial charge in [0.2, 0.25) is 0 Å². The average molecular weight is 321 g/mol. The number of alkyl halides is 3. The van der Waals surface area contributed by atoms with Crippen LogP contribution in [0.25, 0.3) is 0 Å². The summed E-state index contributed by atoms with van der Waals surface area (Å²) in [7, 11) is 0. The van der Waals surface area contributed by atoms with Crippen LogP contribution in [0.15, 0.2) is 24.3 Å². The molecule has 1 atom stereocenters. The Labute approximate surface area is 128 Å². The Morgan fingerprint density at radius 2 is 2.00 bits per heavy atom. The Bertz CT molecular complexity index is 456. The molecule has 1 aromatic rings. The van der Waals surface area contributed by atoms with Gasteiger partial charge in [0.05, 0.1) is 6.54 Å². The molecule has 1 heterocycles. The van der Waals surface area contributed by atoms with Crippen molar-refractivity contribution in [3.05, 3.63) is 34.9 Å². The SMILES string of the molecule is C[C@@H](NC1CCN(CC(F)(F)F)CC1)c1cccc(Cl)c1. The number of nitrogens with one attached hydrogen (secondary N) is 1. The topological polar surface area (TPSA) is 15.3 Å². The molecule has 118 valence electrons. The number of benzene rings is 1. The molecule has 0 spiro atoms. The van der Waals surface area contributed by atoms with Gasteiger partial charge in [0, 0.05) is 17.1 Å². The van der Waals surface area contributed by atoms with Crippen LogP contribution in [0.1, 0.15) is 31.4 Å². The molecular formula is C15H20ClF3N2. The van der Waals surface area contributed by atoms with E-state index in [9.17, 15) is 13.2 Å². The molecular weight excluding hydrogens is 301 g/mol. The summed E-state index contributed by atoms with van der Waals surface area (Å²) in [4.78, 5) is 1.47. The number of halogens is 4. The van der Waals surface area contributed by atoms with E-state index in [2.05, 4.69) is 5.32 Å². The van der Waals surface area contributed by atoms with Crippen LogP contribution >= 0.6 is 11.6 Å². The van der Waals surface area contributed by atoms with E-state index in [-0.39, 0.29) is 12.1 Å². The number of hydrogen-bond donors (Lipinski definition) is 1. The van der Waals surface area contributed by atoms with Crippen LogP contribution in [0.3, 0.4) is 0 Å². The lowest BCUT2D eigenvalue weighted by Gasteiger charge is -2.34. The highest BCUT2D eigenvalue weighted by molar-refractivity contribution is 6.30. The third-order valence-corrected chi connectivity index (χ3v) is 4.06. The van der Waals surface area contributed by atoms with Gasteiger partial charge < -0.3 is 5.32 Å². The lowest BCUT2D eigenvalue weighted by molar-refractivity contribution is -0.148. The van der Waals surface area contributed by atoms with Gasteiger partial charge in [0.25, 0.3) is 0 Å². The van der Waals surface area contributed by atoms with E-state index in [4.69, 9.17) is 11.6 Å². The lowest BCUT2D eigenvalue weighted by Crippen LogP contribution is -2.46. The fourth-order valence-electron chi connectivity index (χ4n) is 2.74. The van der Waals surface area contributed by atoms with Gasteiger partial charge in [-0.25, -0.2) is 0 Å². The first-order valence-electron chi connectivity index (χ1n) is 7.14. The summed E-state index contributed by atoms with van der Waals surface area (Å²) in [6.07, 6.45) is -2.63. The highest BCUT2D eigenvalue weighted by atomic mass is 35.5. The van der Waals surface area contributed by atoms with E-state index >= 15 is 0 Å². The third-order valence-electron chi connectivity index (χ3n) is 3.82. The molecule has 21 heavy (non-hydrogen) atoms. The van der Waals surface area contributed by atoms with Crippen molar-refractivity contribution < 1.29 is 13.2 Å². The van der Waals surface area contributed by atoms with E-state index in [1.165, 1.54) is 4.90 Å². The van der Waals surface area contributed by atoms with Crippen LogP contribution in [-0.2, 0) is 0 Å². The van der Waals surface area contributed by atoms with Crippen LogP contribution in [-0.4, -0.2) is 36.8 Å². The Morgan fingerprint density at radius 3 is 2.57 bits per heavy atom. The van der Waals surface area contributed by atoms with Crippen LogP contribution in [0, 0.1) is 0 Å². The van der Waals surface area contributed by atoms with Gasteiger partial charge in [-0.3, -0.25) is 4.90 Å². The highest BCUT2D eigenvalue weighted by Gasteiger charge is 2.32. The van der Waals surface area contributed by atoms with Crippen molar-refractivity contribution in [2.24, 2.45) is 0 Å². The molecule has 1 fully saturated rings. The maximum atomic E-state index is 12.3. The summed E-state index contributed by atoms with van der Waals surface area (Å²) in [6, 6.07) is 8.04. The average Bonchev–Trinajstić information content (AvgIpc) is 2.39. The quantitative estimate of drug-likeness (QED) is 0.901. The zero-order valence-electron chi connectivity index (χ0n) is 12.0. The van der Waals surface area contributed by atoms with Crippen molar-refractivity contribution in [3.8, 4) is 0 Å². The van der Waals surface area contributed by atoms with Crippen molar-refractivity contribution in [1.82, 2.24) is 10.2 Å². The monoisotopic (exact) mass is 320 g/mol. The molecule has 0 aromatic heterocycles. The highest BCUT2D eigenvalue weighted by Crippen LogP contribution is 2.22. The second kappa shape index (κ2) is 6.99. The maximum Gasteiger partial charge on any atom is 0.401 e. The smallest absolute Gasteiger partial charge is 0.307 e. The predicted molar refractivity (Wildman–Crippen MR) is 78.5 cm³/mol. The second-order valence-electron chi connectivity index (χ2n) is 5.61. The van der Waals surface area contributed by atoms with Crippen LogP contribution < -0.4 is 5.32 Å². The van der Waals surface area contributed by atoms with Crippen LogP contribution in [0.5, 0.6) is 0 Å². The van der Waals surface area contributed by atoms with Gasteiger partial charge in [-0.2, -0.15) is 13.2 Å². The first kappa shape index (κ1) is 16.6. The molecule has 6 heteroatoms. The standard InChI is InChI=1S/C15H20ClF3N2/c1-11(12-3-2-4-13(16)9-12)20-14-5-7-21(8-6-14)10-15(17,18)19/h2-4,9,11,14,20H,5-8,10H2,1H3/t11-/m1/s1. The Kier molecular flexibility index (Phi) is 5.52.